The monoisotopic (exact) mass is 360 g/mol. The lowest BCUT2D eigenvalue weighted by atomic mass is 10.2. The Balaban J connectivity index is 2.41. The fourth-order valence-corrected chi connectivity index (χ4v) is 2.52. The van der Waals surface area contributed by atoms with Crippen molar-refractivity contribution < 1.29 is 4.74 Å². The molecule has 2 aromatic carbocycles. The van der Waals surface area contributed by atoms with Gasteiger partial charge in [-0.05, 0) is 40.2 Å². The van der Waals surface area contributed by atoms with Crippen LogP contribution in [0.2, 0.25) is 10.0 Å². The van der Waals surface area contributed by atoms with Crippen molar-refractivity contribution in [1.82, 2.24) is 0 Å². The molecule has 0 aliphatic carbocycles. The van der Waals surface area contributed by atoms with E-state index in [0.717, 1.165) is 15.9 Å². The van der Waals surface area contributed by atoms with E-state index >= 15 is 0 Å². The summed E-state index contributed by atoms with van der Waals surface area (Å²) >= 11 is 15.7. The van der Waals surface area contributed by atoms with Gasteiger partial charge in [0.1, 0.15) is 5.75 Å². The van der Waals surface area contributed by atoms with Crippen molar-refractivity contribution in [3.05, 3.63) is 44.8 Å². The largest absolute Gasteiger partial charge is 0.497 e. The molecule has 3 nitrogen and oxygen atoms in total. The van der Waals surface area contributed by atoms with Crippen molar-refractivity contribution in [2.24, 2.45) is 0 Å². The van der Waals surface area contributed by atoms with Crippen molar-refractivity contribution in [3.8, 4) is 5.75 Å². The van der Waals surface area contributed by atoms with E-state index in [-0.39, 0.29) is 0 Å². The number of rotatable bonds is 3. The van der Waals surface area contributed by atoms with E-state index in [1.165, 1.54) is 0 Å². The molecule has 6 heteroatoms. The summed E-state index contributed by atoms with van der Waals surface area (Å²) in [7, 11) is 1.61. The van der Waals surface area contributed by atoms with Gasteiger partial charge in [0.05, 0.1) is 28.5 Å². The van der Waals surface area contributed by atoms with Crippen LogP contribution in [-0.4, -0.2) is 7.11 Å². The van der Waals surface area contributed by atoms with Gasteiger partial charge in [-0.2, -0.15) is 0 Å². The molecular formula is C13H11BrCl2N2O. The van der Waals surface area contributed by atoms with Gasteiger partial charge < -0.3 is 15.8 Å². The van der Waals surface area contributed by atoms with Gasteiger partial charge >= 0.3 is 0 Å². The van der Waals surface area contributed by atoms with Gasteiger partial charge in [0.15, 0.2) is 0 Å². The Kier molecular flexibility index (Phi) is 4.45. The zero-order valence-corrected chi connectivity index (χ0v) is 13.1. The first-order chi connectivity index (χ1) is 9.01. The first-order valence-electron chi connectivity index (χ1n) is 5.36. The number of ether oxygens (including phenoxy) is 1. The van der Waals surface area contributed by atoms with Crippen LogP contribution in [0.4, 0.5) is 17.1 Å². The molecule has 2 aromatic rings. The summed E-state index contributed by atoms with van der Waals surface area (Å²) in [5.41, 5.74) is 7.59. The molecule has 0 fully saturated rings. The Morgan fingerprint density at radius 3 is 2.37 bits per heavy atom. The first-order valence-corrected chi connectivity index (χ1v) is 6.91. The van der Waals surface area contributed by atoms with E-state index in [2.05, 4.69) is 21.2 Å². The highest BCUT2D eigenvalue weighted by Crippen LogP contribution is 2.37. The molecule has 0 spiro atoms. The van der Waals surface area contributed by atoms with Crippen LogP contribution in [0.15, 0.2) is 34.8 Å². The molecule has 0 heterocycles. The van der Waals surface area contributed by atoms with Crippen LogP contribution in [0.3, 0.4) is 0 Å². The summed E-state index contributed by atoms with van der Waals surface area (Å²) in [6.45, 7) is 0. The second-order valence-corrected chi connectivity index (χ2v) is 5.50. The molecule has 0 saturated heterocycles. The lowest BCUT2D eigenvalue weighted by Crippen LogP contribution is -1.96. The molecule has 0 aliphatic heterocycles. The Hall–Kier alpha value is -1.10. The minimum Gasteiger partial charge on any atom is -0.497 e. The molecule has 0 atom stereocenters. The van der Waals surface area contributed by atoms with Crippen molar-refractivity contribution >= 4 is 56.2 Å². The van der Waals surface area contributed by atoms with E-state index in [1.54, 1.807) is 19.2 Å². The van der Waals surface area contributed by atoms with Gasteiger partial charge in [-0.25, -0.2) is 0 Å². The molecule has 0 bridgehead atoms. The minimum atomic E-state index is 0.458. The fourth-order valence-electron chi connectivity index (χ4n) is 1.57. The van der Waals surface area contributed by atoms with Gasteiger partial charge in [-0.1, -0.05) is 23.2 Å². The third-order valence-corrected chi connectivity index (χ3v) is 3.79. The van der Waals surface area contributed by atoms with Gasteiger partial charge in [0.2, 0.25) is 0 Å². The second kappa shape index (κ2) is 5.90. The maximum absolute atomic E-state index is 6.14. The molecule has 0 unspecified atom stereocenters. The predicted octanol–water partition coefficient (Wildman–Crippen LogP) is 5.09. The van der Waals surface area contributed by atoms with Crippen molar-refractivity contribution in [2.75, 3.05) is 18.2 Å². The molecule has 0 saturated carbocycles. The predicted molar refractivity (Wildman–Crippen MR) is 84.9 cm³/mol. The lowest BCUT2D eigenvalue weighted by Gasteiger charge is -2.13. The molecule has 0 aromatic heterocycles. The van der Waals surface area contributed by atoms with Gasteiger partial charge in [-0.3, -0.25) is 0 Å². The third-order valence-electron chi connectivity index (χ3n) is 2.50. The van der Waals surface area contributed by atoms with Crippen LogP contribution >= 0.6 is 39.1 Å². The number of benzene rings is 2. The summed E-state index contributed by atoms with van der Waals surface area (Å²) in [4.78, 5) is 0. The van der Waals surface area contributed by atoms with Crippen LogP contribution in [0.25, 0.3) is 0 Å². The Morgan fingerprint density at radius 2 is 1.79 bits per heavy atom. The fraction of sp³-hybridized carbons (Fsp3) is 0.0769. The van der Waals surface area contributed by atoms with E-state index in [9.17, 15) is 0 Å². The highest BCUT2D eigenvalue weighted by molar-refractivity contribution is 9.10. The van der Waals surface area contributed by atoms with E-state index in [1.807, 2.05) is 18.2 Å². The van der Waals surface area contributed by atoms with Crippen LogP contribution in [-0.2, 0) is 0 Å². The molecule has 3 N–H and O–H groups in total. The normalized spacial score (nSPS) is 10.3. The summed E-state index contributed by atoms with van der Waals surface area (Å²) in [5, 5.41) is 4.08. The molecule has 0 radical (unpaired) electrons. The average molecular weight is 362 g/mol. The van der Waals surface area contributed by atoms with Gasteiger partial charge in [0.25, 0.3) is 0 Å². The first kappa shape index (κ1) is 14.3. The molecule has 100 valence electrons. The zero-order valence-electron chi connectivity index (χ0n) is 10.0. The van der Waals surface area contributed by atoms with Crippen LogP contribution in [0, 0.1) is 0 Å². The minimum absolute atomic E-state index is 0.458. The molecular weight excluding hydrogens is 351 g/mol. The maximum atomic E-state index is 6.14. The SMILES string of the molecule is COc1ccc(Br)c(Nc2c(Cl)cc(N)cc2Cl)c1. The van der Waals surface area contributed by atoms with Crippen molar-refractivity contribution in [2.45, 2.75) is 0 Å². The van der Waals surface area contributed by atoms with E-state index in [0.29, 0.717) is 21.4 Å². The summed E-state index contributed by atoms with van der Waals surface area (Å²) < 4.78 is 6.05. The second-order valence-electron chi connectivity index (χ2n) is 3.83. The number of nitrogens with two attached hydrogens (primary N) is 1. The smallest absolute Gasteiger partial charge is 0.121 e. The third kappa shape index (κ3) is 3.26. The summed E-state index contributed by atoms with van der Waals surface area (Å²) in [6.07, 6.45) is 0. The lowest BCUT2D eigenvalue weighted by molar-refractivity contribution is 0.415. The quantitative estimate of drug-likeness (QED) is 0.748. The summed E-state index contributed by atoms with van der Waals surface area (Å²) in [6, 6.07) is 8.85. The highest BCUT2D eigenvalue weighted by atomic mass is 79.9. The molecule has 19 heavy (non-hydrogen) atoms. The molecule has 2 rings (SSSR count). The number of hydrogen-bond acceptors (Lipinski definition) is 3. The number of methoxy groups -OCH3 is 1. The van der Waals surface area contributed by atoms with Gasteiger partial charge in [0, 0.05) is 16.2 Å². The Labute approximate surface area is 129 Å². The van der Waals surface area contributed by atoms with E-state index < -0.39 is 0 Å². The topological polar surface area (TPSA) is 47.3 Å². The standard InChI is InChI=1S/C13H11BrCl2N2O/c1-19-8-2-3-9(14)12(6-8)18-13-10(15)4-7(17)5-11(13)16/h2-6,18H,17H2,1H3. The van der Waals surface area contributed by atoms with Crippen LogP contribution < -0.4 is 15.8 Å². The number of hydrogen-bond donors (Lipinski definition) is 2. The number of anilines is 3. The maximum Gasteiger partial charge on any atom is 0.121 e. The molecule has 0 aliphatic rings. The molecule has 0 amide bonds. The van der Waals surface area contributed by atoms with Crippen LogP contribution in [0.1, 0.15) is 0 Å². The zero-order chi connectivity index (χ0) is 14.0. The van der Waals surface area contributed by atoms with Crippen LogP contribution in [0.5, 0.6) is 5.75 Å². The average Bonchev–Trinajstić information content (AvgIpc) is 2.35. The van der Waals surface area contributed by atoms with Crippen molar-refractivity contribution in [3.63, 3.8) is 0 Å². The van der Waals surface area contributed by atoms with Gasteiger partial charge in [-0.15, -0.1) is 0 Å². The Bertz CT molecular complexity index is 597. The highest BCUT2D eigenvalue weighted by Gasteiger charge is 2.10. The summed E-state index contributed by atoms with van der Waals surface area (Å²) in [5.74, 6) is 0.730. The number of halogens is 3. The van der Waals surface area contributed by atoms with E-state index in [4.69, 9.17) is 33.7 Å². The Morgan fingerprint density at radius 1 is 1.16 bits per heavy atom. The van der Waals surface area contributed by atoms with Crippen molar-refractivity contribution in [1.29, 1.82) is 0 Å². The number of nitrogen functional groups attached to an aromatic ring is 1. The number of nitrogens with one attached hydrogen (secondary N) is 1.